The largest absolute Gasteiger partial charge is 0.379 e. The van der Waals surface area contributed by atoms with Crippen molar-refractivity contribution in [2.75, 3.05) is 39.4 Å². The molecule has 2 aromatic heterocycles. The molecule has 1 saturated heterocycles. The van der Waals surface area contributed by atoms with Crippen molar-refractivity contribution in [2.24, 2.45) is 0 Å². The summed E-state index contributed by atoms with van der Waals surface area (Å²) in [7, 11) is 0. The Morgan fingerprint density at radius 2 is 1.91 bits per heavy atom. The van der Waals surface area contributed by atoms with Gasteiger partial charge in [0.25, 0.3) is 11.6 Å². The molecule has 0 bridgehead atoms. The molecule has 0 radical (unpaired) electrons. The Bertz CT molecular complexity index is 1120. The zero-order valence-corrected chi connectivity index (χ0v) is 21.7. The van der Waals surface area contributed by atoms with Gasteiger partial charge in [-0.1, -0.05) is 6.07 Å². The normalized spacial score (nSPS) is 13.4. The number of nitro benzene ring substituents is 1. The summed E-state index contributed by atoms with van der Waals surface area (Å²) in [6, 6.07) is 12.1. The van der Waals surface area contributed by atoms with E-state index in [0.29, 0.717) is 23.4 Å². The van der Waals surface area contributed by atoms with Gasteiger partial charge in [-0.3, -0.25) is 24.8 Å². The van der Waals surface area contributed by atoms with Crippen LogP contribution in [0.5, 0.6) is 0 Å². The Labute approximate surface area is 220 Å². The van der Waals surface area contributed by atoms with Gasteiger partial charge >= 0.3 is 0 Å². The lowest BCUT2D eigenvalue weighted by Crippen LogP contribution is -2.38. The molecule has 3 aromatic rings. The highest BCUT2D eigenvalue weighted by Crippen LogP contribution is 2.32. The lowest BCUT2D eigenvalue weighted by molar-refractivity contribution is -0.384. The minimum Gasteiger partial charge on any atom is -0.379 e. The number of nitrogens with one attached hydrogen (secondary N) is 1. The fourth-order valence-electron chi connectivity index (χ4n) is 3.92. The fraction of sp³-hybridized carbons (Fsp3) is 0.333. The molecular weight excluding hydrogens is 511 g/mol. The number of hydrogen-bond acceptors (Lipinski definition) is 7. The first-order valence-corrected chi connectivity index (χ1v) is 11.8. The predicted molar refractivity (Wildman–Crippen MR) is 143 cm³/mol. The van der Waals surface area contributed by atoms with Crippen LogP contribution in [0.2, 0.25) is 0 Å². The molecule has 1 aliphatic heterocycles. The van der Waals surface area contributed by atoms with Crippen molar-refractivity contribution < 1.29 is 14.5 Å². The molecule has 3 heterocycles. The SMILES string of the molecule is Cc1nc(-c2cccs2)cc(-c2ccc([N+](=O)[O-])cc2)c1C(=O)NCCCN1CCOCC1.Cl.Cl. The number of carbonyl (C=O) groups is 1. The molecular formula is C24H28Cl2N4O4S. The van der Waals surface area contributed by atoms with Crippen LogP contribution in [-0.4, -0.2) is 60.1 Å². The monoisotopic (exact) mass is 538 g/mol. The number of nitro groups is 1. The Morgan fingerprint density at radius 1 is 1.20 bits per heavy atom. The molecule has 1 N–H and O–H groups in total. The van der Waals surface area contributed by atoms with Crippen molar-refractivity contribution >= 4 is 47.7 Å². The molecule has 0 saturated carbocycles. The molecule has 0 unspecified atom stereocenters. The van der Waals surface area contributed by atoms with E-state index in [-0.39, 0.29) is 36.4 Å². The van der Waals surface area contributed by atoms with Gasteiger partial charge in [0.15, 0.2) is 0 Å². The molecule has 1 amide bonds. The third-order valence-corrected chi connectivity index (χ3v) is 6.52. The summed E-state index contributed by atoms with van der Waals surface area (Å²) in [6.07, 6.45) is 0.846. The molecule has 4 rings (SSSR count). The van der Waals surface area contributed by atoms with Crippen molar-refractivity contribution in [3.63, 3.8) is 0 Å². The molecule has 8 nitrogen and oxygen atoms in total. The van der Waals surface area contributed by atoms with Crippen LogP contribution in [0.4, 0.5) is 5.69 Å². The van der Waals surface area contributed by atoms with Crippen LogP contribution in [0.25, 0.3) is 21.7 Å². The van der Waals surface area contributed by atoms with Gasteiger partial charge in [-0.15, -0.1) is 36.2 Å². The Hall–Kier alpha value is -2.56. The van der Waals surface area contributed by atoms with Crippen molar-refractivity contribution in [1.82, 2.24) is 15.2 Å². The number of aryl methyl sites for hydroxylation is 1. The maximum absolute atomic E-state index is 13.2. The average molecular weight is 539 g/mol. The third-order valence-electron chi connectivity index (χ3n) is 5.63. The number of benzene rings is 1. The number of nitrogens with zero attached hydrogens (tertiary/aromatic N) is 3. The Balaban J connectivity index is 0.00000216. The molecule has 35 heavy (non-hydrogen) atoms. The molecule has 0 spiro atoms. The van der Waals surface area contributed by atoms with Gasteiger partial charge < -0.3 is 10.1 Å². The lowest BCUT2D eigenvalue weighted by Gasteiger charge is -2.26. The van der Waals surface area contributed by atoms with E-state index in [9.17, 15) is 14.9 Å². The Kier molecular flexibility index (Phi) is 11.1. The van der Waals surface area contributed by atoms with E-state index < -0.39 is 4.92 Å². The van der Waals surface area contributed by atoms with E-state index in [0.717, 1.165) is 55.4 Å². The second-order valence-electron chi connectivity index (χ2n) is 7.86. The molecule has 0 atom stereocenters. The number of aromatic nitrogens is 1. The van der Waals surface area contributed by atoms with E-state index in [1.54, 1.807) is 23.5 Å². The lowest BCUT2D eigenvalue weighted by atomic mass is 9.97. The molecule has 0 aliphatic carbocycles. The van der Waals surface area contributed by atoms with Crippen molar-refractivity contribution in [3.8, 4) is 21.7 Å². The second-order valence-corrected chi connectivity index (χ2v) is 8.81. The number of hydrogen-bond donors (Lipinski definition) is 1. The minimum absolute atomic E-state index is 0. The van der Waals surface area contributed by atoms with Crippen molar-refractivity contribution in [3.05, 3.63) is 69.2 Å². The molecule has 188 valence electrons. The maximum atomic E-state index is 13.2. The van der Waals surface area contributed by atoms with E-state index in [4.69, 9.17) is 4.74 Å². The number of morpholine rings is 1. The predicted octanol–water partition coefficient (Wildman–Crippen LogP) is 4.99. The molecule has 1 aromatic carbocycles. The summed E-state index contributed by atoms with van der Waals surface area (Å²) >= 11 is 1.57. The number of carbonyl (C=O) groups excluding carboxylic acids is 1. The topological polar surface area (TPSA) is 97.6 Å². The van der Waals surface area contributed by atoms with Gasteiger partial charge in [0.2, 0.25) is 0 Å². The van der Waals surface area contributed by atoms with E-state index in [2.05, 4.69) is 15.2 Å². The maximum Gasteiger partial charge on any atom is 0.269 e. The number of non-ortho nitro benzene ring substituents is 1. The van der Waals surface area contributed by atoms with Crippen LogP contribution in [0.1, 0.15) is 22.5 Å². The number of thiophene rings is 1. The third kappa shape index (κ3) is 7.22. The zero-order chi connectivity index (χ0) is 23.2. The first kappa shape index (κ1) is 28.7. The van der Waals surface area contributed by atoms with Crippen LogP contribution in [0.15, 0.2) is 47.8 Å². The summed E-state index contributed by atoms with van der Waals surface area (Å²) in [4.78, 5) is 31.9. The molecule has 1 aliphatic rings. The number of amides is 1. The van der Waals surface area contributed by atoms with Crippen LogP contribution in [-0.2, 0) is 4.74 Å². The van der Waals surface area contributed by atoms with Gasteiger partial charge in [-0.2, -0.15) is 0 Å². The van der Waals surface area contributed by atoms with Crippen LogP contribution < -0.4 is 5.32 Å². The fourth-order valence-corrected chi connectivity index (χ4v) is 4.60. The molecule has 11 heteroatoms. The quantitative estimate of drug-likeness (QED) is 0.246. The van der Waals surface area contributed by atoms with Gasteiger partial charge in [-0.05, 0) is 60.7 Å². The zero-order valence-electron chi connectivity index (χ0n) is 19.3. The van der Waals surface area contributed by atoms with Crippen LogP contribution in [0.3, 0.4) is 0 Å². The number of rotatable bonds is 8. The van der Waals surface area contributed by atoms with Gasteiger partial charge in [0.05, 0.1) is 40.0 Å². The number of halogens is 2. The second kappa shape index (κ2) is 13.5. The molecule has 1 fully saturated rings. The highest BCUT2D eigenvalue weighted by atomic mass is 35.5. The average Bonchev–Trinajstić information content (AvgIpc) is 3.37. The van der Waals surface area contributed by atoms with E-state index in [1.807, 2.05) is 30.5 Å². The summed E-state index contributed by atoms with van der Waals surface area (Å²) < 4.78 is 5.37. The highest BCUT2D eigenvalue weighted by Gasteiger charge is 2.20. The summed E-state index contributed by atoms with van der Waals surface area (Å²) in [5.41, 5.74) is 3.36. The highest BCUT2D eigenvalue weighted by molar-refractivity contribution is 7.13. The summed E-state index contributed by atoms with van der Waals surface area (Å²) in [5, 5.41) is 16.1. The summed E-state index contributed by atoms with van der Waals surface area (Å²) in [6.45, 7) is 6.65. The van der Waals surface area contributed by atoms with Crippen LogP contribution in [0, 0.1) is 17.0 Å². The van der Waals surface area contributed by atoms with E-state index >= 15 is 0 Å². The van der Waals surface area contributed by atoms with Crippen molar-refractivity contribution in [1.29, 1.82) is 0 Å². The summed E-state index contributed by atoms with van der Waals surface area (Å²) in [5.74, 6) is -0.187. The van der Waals surface area contributed by atoms with Crippen molar-refractivity contribution in [2.45, 2.75) is 13.3 Å². The number of ether oxygens (including phenoxy) is 1. The first-order valence-electron chi connectivity index (χ1n) is 10.9. The van der Waals surface area contributed by atoms with Gasteiger partial charge in [0, 0.05) is 31.8 Å². The first-order chi connectivity index (χ1) is 16.0. The van der Waals surface area contributed by atoms with Crippen LogP contribution >= 0.6 is 36.2 Å². The van der Waals surface area contributed by atoms with Gasteiger partial charge in [-0.25, -0.2) is 0 Å². The number of pyridine rings is 1. The minimum atomic E-state index is -0.430. The van der Waals surface area contributed by atoms with E-state index in [1.165, 1.54) is 12.1 Å². The standard InChI is InChI=1S/C24H26N4O4S.2ClH/c1-17-23(24(29)25-9-3-10-27-11-13-32-14-12-27)20(16-21(26-17)22-4-2-15-33-22)18-5-7-19(8-6-18)28(30)31;;/h2,4-8,15-16H,3,9-14H2,1H3,(H,25,29);2*1H. The Morgan fingerprint density at radius 3 is 2.54 bits per heavy atom. The smallest absolute Gasteiger partial charge is 0.269 e. The van der Waals surface area contributed by atoms with Gasteiger partial charge in [0.1, 0.15) is 0 Å².